The second-order valence-electron chi connectivity index (χ2n) is 3.71. The van der Waals surface area contributed by atoms with Crippen molar-refractivity contribution in [3.05, 3.63) is 40.9 Å². The van der Waals surface area contributed by atoms with E-state index in [4.69, 9.17) is 27.9 Å². The Bertz CT molecular complexity index is 355. The van der Waals surface area contributed by atoms with Gasteiger partial charge >= 0.3 is 0 Å². The second-order valence-corrected chi connectivity index (χ2v) is 4.49. The van der Waals surface area contributed by atoms with Crippen molar-refractivity contribution in [1.29, 1.82) is 0 Å². The summed E-state index contributed by atoms with van der Waals surface area (Å²) in [5, 5.41) is 3.25. The van der Waals surface area contributed by atoms with E-state index in [2.05, 4.69) is 11.9 Å². The summed E-state index contributed by atoms with van der Waals surface area (Å²) in [6, 6.07) is 5.42. The standard InChI is InChI=1S/C13H17Cl2NO/c1-2-8-16-9-3-4-10-17-12-7-5-6-11(14)13(12)15/h2,5-7,16H,1,3-4,8-10H2/p+1. The molecule has 1 rings (SSSR count). The Morgan fingerprint density at radius 3 is 2.88 bits per heavy atom. The summed E-state index contributed by atoms with van der Waals surface area (Å²) < 4.78 is 5.57. The molecule has 0 bridgehead atoms. The van der Waals surface area contributed by atoms with Crippen LogP contribution in [-0.2, 0) is 0 Å². The Balaban J connectivity index is 2.18. The third kappa shape index (κ3) is 5.44. The third-order valence-electron chi connectivity index (χ3n) is 2.31. The molecule has 2 nitrogen and oxygen atoms in total. The summed E-state index contributed by atoms with van der Waals surface area (Å²) in [5.41, 5.74) is 0. The highest BCUT2D eigenvalue weighted by Gasteiger charge is 2.04. The molecule has 2 N–H and O–H groups in total. The molecule has 0 atom stereocenters. The van der Waals surface area contributed by atoms with Crippen LogP contribution in [0.1, 0.15) is 12.8 Å². The van der Waals surface area contributed by atoms with E-state index in [9.17, 15) is 0 Å². The van der Waals surface area contributed by atoms with Gasteiger partial charge in [0.05, 0.1) is 24.7 Å². The topological polar surface area (TPSA) is 25.8 Å². The minimum atomic E-state index is 0.493. The Morgan fingerprint density at radius 2 is 2.12 bits per heavy atom. The van der Waals surface area contributed by atoms with E-state index in [0.717, 1.165) is 25.9 Å². The summed E-state index contributed by atoms with van der Waals surface area (Å²) in [6.45, 7) is 6.41. The van der Waals surface area contributed by atoms with Gasteiger partial charge < -0.3 is 10.1 Å². The molecule has 0 aliphatic rings. The van der Waals surface area contributed by atoms with E-state index in [1.165, 1.54) is 0 Å². The van der Waals surface area contributed by atoms with E-state index in [-0.39, 0.29) is 0 Å². The minimum absolute atomic E-state index is 0.493. The van der Waals surface area contributed by atoms with Crippen molar-refractivity contribution in [2.24, 2.45) is 0 Å². The lowest BCUT2D eigenvalue weighted by Crippen LogP contribution is -2.83. The van der Waals surface area contributed by atoms with E-state index in [0.29, 0.717) is 22.4 Å². The molecule has 0 saturated heterocycles. The highest BCUT2D eigenvalue weighted by atomic mass is 35.5. The van der Waals surface area contributed by atoms with Crippen LogP contribution in [0, 0.1) is 0 Å². The van der Waals surface area contributed by atoms with Crippen molar-refractivity contribution < 1.29 is 10.1 Å². The summed E-state index contributed by atoms with van der Waals surface area (Å²) in [4.78, 5) is 0. The molecule has 0 amide bonds. The van der Waals surface area contributed by atoms with Gasteiger partial charge in [-0.25, -0.2) is 0 Å². The summed E-state index contributed by atoms with van der Waals surface area (Å²) in [7, 11) is 0. The van der Waals surface area contributed by atoms with Gasteiger partial charge in [0.15, 0.2) is 0 Å². The second kappa shape index (κ2) is 8.40. The quantitative estimate of drug-likeness (QED) is 0.573. The molecule has 0 aliphatic carbocycles. The number of nitrogens with two attached hydrogens (primary N) is 1. The third-order valence-corrected chi connectivity index (χ3v) is 3.11. The molecule has 0 aliphatic heterocycles. The normalized spacial score (nSPS) is 10.2. The van der Waals surface area contributed by atoms with Gasteiger partial charge in [-0.15, -0.1) is 0 Å². The van der Waals surface area contributed by atoms with Gasteiger partial charge in [0, 0.05) is 0 Å². The molecule has 0 radical (unpaired) electrons. The highest BCUT2D eigenvalue weighted by molar-refractivity contribution is 6.42. The number of rotatable bonds is 8. The van der Waals surface area contributed by atoms with E-state index >= 15 is 0 Å². The van der Waals surface area contributed by atoms with Crippen molar-refractivity contribution >= 4 is 23.2 Å². The van der Waals surface area contributed by atoms with Gasteiger partial charge in [-0.3, -0.25) is 0 Å². The van der Waals surface area contributed by atoms with Crippen LogP contribution in [0.3, 0.4) is 0 Å². The van der Waals surface area contributed by atoms with Crippen LogP contribution in [-0.4, -0.2) is 19.7 Å². The maximum atomic E-state index is 6.00. The maximum absolute atomic E-state index is 6.00. The molecular weight excluding hydrogens is 257 g/mol. The van der Waals surface area contributed by atoms with Gasteiger partial charge in [0.1, 0.15) is 10.8 Å². The van der Waals surface area contributed by atoms with Gasteiger partial charge in [-0.1, -0.05) is 35.8 Å². The van der Waals surface area contributed by atoms with Crippen LogP contribution >= 0.6 is 23.2 Å². The van der Waals surface area contributed by atoms with Gasteiger partial charge in [-0.2, -0.15) is 0 Å². The predicted molar refractivity (Wildman–Crippen MR) is 73.0 cm³/mol. The van der Waals surface area contributed by atoms with E-state index < -0.39 is 0 Å². The Morgan fingerprint density at radius 1 is 1.29 bits per heavy atom. The summed E-state index contributed by atoms with van der Waals surface area (Å²) in [6.07, 6.45) is 4.03. The number of benzene rings is 1. The Kier molecular flexibility index (Phi) is 7.10. The molecule has 0 saturated carbocycles. The largest absolute Gasteiger partial charge is 0.492 e. The number of quaternary nitrogens is 1. The number of unbranched alkanes of at least 4 members (excludes halogenated alkanes) is 1. The fourth-order valence-electron chi connectivity index (χ4n) is 1.40. The molecule has 0 fully saturated rings. The molecule has 0 unspecified atom stereocenters. The molecule has 94 valence electrons. The van der Waals surface area contributed by atoms with Crippen LogP contribution in [0.5, 0.6) is 5.75 Å². The first-order valence-corrected chi connectivity index (χ1v) is 6.50. The number of halogens is 2. The van der Waals surface area contributed by atoms with Crippen LogP contribution in [0.4, 0.5) is 0 Å². The zero-order chi connectivity index (χ0) is 12.5. The van der Waals surface area contributed by atoms with Crippen LogP contribution in [0.15, 0.2) is 30.9 Å². The van der Waals surface area contributed by atoms with Crippen molar-refractivity contribution in [2.75, 3.05) is 19.7 Å². The van der Waals surface area contributed by atoms with Gasteiger partial charge in [-0.05, 0) is 31.1 Å². The first-order chi connectivity index (χ1) is 8.25. The fraction of sp³-hybridized carbons (Fsp3) is 0.385. The van der Waals surface area contributed by atoms with Crippen molar-refractivity contribution in [3.63, 3.8) is 0 Å². The first kappa shape index (κ1) is 14.4. The van der Waals surface area contributed by atoms with Gasteiger partial charge in [0.25, 0.3) is 0 Å². The maximum Gasteiger partial charge on any atom is 0.139 e. The molecule has 0 spiro atoms. The van der Waals surface area contributed by atoms with Gasteiger partial charge in [0.2, 0.25) is 0 Å². The smallest absolute Gasteiger partial charge is 0.139 e. The van der Waals surface area contributed by atoms with Crippen molar-refractivity contribution in [3.8, 4) is 5.75 Å². The Hall–Kier alpha value is -0.700. The molecule has 17 heavy (non-hydrogen) atoms. The average molecular weight is 275 g/mol. The number of hydrogen-bond acceptors (Lipinski definition) is 1. The first-order valence-electron chi connectivity index (χ1n) is 5.75. The van der Waals surface area contributed by atoms with Crippen LogP contribution in [0.25, 0.3) is 0 Å². The number of ether oxygens (including phenoxy) is 1. The lowest BCUT2D eigenvalue weighted by molar-refractivity contribution is -0.646. The monoisotopic (exact) mass is 274 g/mol. The SMILES string of the molecule is C=CC[NH2+]CCCCOc1cccc(Cl)c1Cl. The molecule has 0 aromatic heterocycles. The Labute approximate surface area is 113 Å². The molecule has 0 heterocycles. The molecular formula is C13H18Cl2NO+. The zero-order valence-electron chi connectivity index (χ0n) is 9.79. The molecule has 1 aromatic carbocycles. The lowest BCUT2D eigenvalue weighted by Gasteiger charge is -2.08. The summed E-state index contributed by atoms with van der Waals surface area (Å²) in [5.74, 6) is 0.661. The van der Waals surface area contributed by atoms with E-state index in [1.54, 1.807) is 6.07 Å². The average Bonchev–Trinajstić information content (AvgIpc) is 2.33. The molecule has 1 aromatic rings. The zero-order valence-corrected chi connectivity index (χ0v) is 11.3. The predicted octanol–water partition coefficient (Wildman–Crippen LogP) is 2.90. The highest BCUT2D eigenvalue weighted by Crippen LogP contribution is 2.31. The van der Waals surface area contributed by atoms with Crippen molar-refractivity contribution in [1.82, 2.24) is 0 Å². The van der Waals surface area contributed by atoms with Crippen molar-refractivity contribution in [2.45, 2.75) is 12.8 Å². The van der Waals surface area contributed by atoms with Crippen LogP contribution < -0.4 is 10.1 Å². The molecule has 4 heteroatoms. The minimum Gasteiger partial charge on any atom is -0.492 e. The summed E-state index contributed by atoms with van der Waals surface area (Å²) >= 11 is 11.9. The fourth-order valence-corrected chi connectivity index (χ4v) is 1.75. The van der Waals surface area contributed by atoms with E-state index in [1.807, 2.05) is 18.2 Å². The number of hydrogen-bond donors (Lipinski definition) is 1. The lowest BCUT2D eigenvalue weighted by atomic mass is 10.3. The van der Waals surface area contributed by atoms with Crippen LogP contribution in [0.2, 0.25) is 10.0 Å².